The molecule has 1 fully saturated rings. The van der Waals surface area contributed by atoms with E-state index in [2.05, 4.69) is 0 Å². The van der Waals surface area contributed by atoms with Gasteiger partial charge in [0.2, 0.25) is 0 Å². The molecule has 0 aromatic rings. The number of ether oxygens (including phenoxy) is 3. The van der Waals surface area contributed by atoms with Gasteiger partial charge in [0.05, 0.1) is 24.7 Å². The van der Waals surface area contributed by atoms with E-state index >= 15 is 0 Å². The van der Waals surface area contributed by atoms with Gasteiger partial charge in [-0.2, -0.15) is 0 Å². The molecule has 1 aliphatic heterocycles. The van der Waals surface area contributed by atoms with Crippen LogP contribution in [0.2, 0.25) is 0 Å². The Morgan fingerprint density at radius 2 is 1.36 bits per heavy atom. The first-order valence-electron chi connectivity index (χ1n) is 4.26. The Morgan fingerprint density at radius 1 is 0.857 bits per heavy atom. The fourth-order valence-corrected chi connectivity index (χ4v) is 1.43. The summed E-state index contributed by atoms with van der Waals surface area (Å²) in [5.74, 6) is -0.302. The smallest absolute Gasteiger partial charge is 0.315 e. The van der Waals surface area contributed by atoms with Crippen molar-refractivity contribution in [3.63, 3.8) is 0 Å². The Kier molecular flexibility index (Phi) is 5.39. The van der Waals surface area contributed by atoms with E-state index in [1.165, 1.54) is 11.8 Å². The van der Waals surface area contributed by atoms with Crippen LogP contribution in [-0.2, 0) is 23.8 Å². The molecule has 1 rings (SSSR count). The van der Waals surface area contributed by atoms with Crippen LogP contribution in [-0.4, -0.2) is 49.9 Å². The van der Waals surface area contributed by atoms with Crippen LogP contribution in [0.4, 0.5) is 0 Å². The molecule has 14 heavy (non-hydrogen) atoms. The molecule has 0 bridgehead atoms. The van der Waals surface area contributed by atoms with Crippen molar-refractivity contribution in [2.75, 3.05) is 37.9 Å². The highest BCUT2D eigenvalue weighted by atomic mass is 32.2. The fourth-order valence-electron chi connectivity index (χ4n) is 0.832. The molecule has 0 aromatic heterocycles. The van der Waals surface area contributed by atoms with Crippen LogP contribution in [0.1, 0.15) is 0 Å². The van der Waals surface area contributed by atoms with Crippen LogP contribution in [0.25, 0.3) is 0 Å². The molecule has 0 saturated carbocycles. The maximum Gasteiger partial charge on any atom is 0.315 e. The molecule has 0 aromatic carbocycles. The second-order valence-electron chi connectivity index (χ2n) is 2.55. The molecular weight excluding hydrogens is 208 g/mol. The van der Waals surface area contributed by atoms with Crippen molar-refractivity contribution in [2.24, 2.45) is 0 Å². The standard InChI is InChI=1S/C8H12O5S/c9-7-5-14-6-8(10)13-4-2-11-1-3-12-7/h1-6H2. The van der Waals surface area contributed by atoms with Crippen molar-refractivity contribution >= 4 is 23.7 Å². The largest absolute Gasteiger partial charge is 0.463 e. The maximum absolute atomic E-state index is 11.0. The monoisotopic (exact) mass is 220 g/mol. The lowest BCUT2D eigenvalue weighted by molar-refractivity contribution is -0.144. The van der Waals surface area contributed by atoms with Gasteiger partial charge in [0.25, 0.3) is 0 Å². The molecule has 5 nitrogen and oxygen atoms in total. The molecule has 1 saturated heterocycles. The molecule has 1 heterocycles. The molecule has 80 valence electrons. The predicted molar refractivity (Wildman–Crippen MR) is 50.1 cm³/mol. The van der Waals surface area contributed by atoms with Crippen LogP contribution in [0.15, 0.2) is 0 Å². The summed E-state index contributed by atoms with van der Waals surface area (Å²) >= 11 is 1.19. The Labute approximate surface area is 86.1 Å². The van der Waals surface area contributed by atoms with Crippen LogP contribution in [0.5, 0.6) is 0 Å². The minimum absolute atomic E-state index is 0.176. The van der Waals surface area contributed by atoms with E-state index in [4.69, 9.17) is 14.2 Å². The summed E-state index contributed by atoms with van der Waals surface area (Å²) in [6.45, 7) is 1.20. The summed E-state index contributed by atoms with van der Waals surface area (Å²) in [5, 5.41) is 0. The first kappa shape index (κ1) is 11.3. The minimum Gasteiger partial charge on any atom is -0.463 e. The van der Waals surface area contributed by atoms with E-state index in [1.54, 1.807) is 0 Å². The molecule has 6 heteroatoms. The van der Waals surface area contributed by atoms with Gasteiger partial charge in [0.1, 0.15) is 13.2 Å². The number of hydrogen-bond donors (Lipinski definition) is 0. The Balaban J connectivity index is 2.28. The zero-order chi connectivity index (χ0) is 10.2. The summed E-state index contributed by atoms with van der Waals surface area (Å²) in [7, 11) is 0. The van der Waals surface area contributed by atoms with Gasteiger partial charge in [-0.05, 0) is 0 Å². The van der Waals surface area contributed by atoms with Gasteiger partial charge >= 0.3 is 11.9 Å². The van der Waals surface area contributed by atoms with Crippen molar-refractivity contribution < 1.29 is 23.8 Å². The zero-order valence-corrected chi connectivity index (χ0v) is 8.51. The number of carbonyl (C=O) groups is 2. The molecule has 0 atom stereocenters. The quantitative estimate of drug-likeness (QED) is 0.528. The first-order chi connectivity index (χ1) is 6.79. The third-order valence-electron chi connectivity index (χ3n) is 1.42. The molecule has 0 N–H and O–H groups in total. The van der Waals surface area contributed by atoms with Crippen LogP contribution >= 0.6 is 11.8 Å². The zero-order valence-electron chi connectivity index (χ0n) is 7.69. The topological polar surface area (TPSA) is 61.8 Å². The molecule has 0 unspecified atom stereocenters. The van der Waals surface area contributed by atoms with Crippen LogP contribution in [0, 0.1) is 0 Å². The molecule has 0 aliphatic carbocycles. The lowest BCUT2D eigenvalue weighted by atomic mass is 10.7. The predicted octanol–water partition coefficient (Wildman–Crippen LogP) is -0.164. The van der Waals surface area contributed by atoms with Gasteiger partial charge in [-0.1, -0.05) is 0 Å². The van der Waals surface area contributed by atoms with E-state index in [0.29, 0.717) is 13.2 Å². The molecule has 0 amide bonds. The summed E-state index contributed by atoms with van der Waals surface area (Å²) < 4.78 is 14.7. The average molecular weight is 220 g/mol. The van der Waals surface area contributed by atoms with E-state index in [-0.39, 0.29) is 36.7 Å². The number of esters is 2. The van der Waals surface area contributed by atoms with E-state index in [1.807, 2.05) is 0 Å². The summed E-state index contributed by atoms with van der Waals surface area (Å²) in [4.78, 5) is 21.9. The number of rotatable bonds is 0. The first-order valence-corrected chi connectivity index (χ1v) is 5.41. The highest BCUT2D eigenvalue weighted by Gasteiger charge is 2.08. The summed E-state index contributed by atoms with van der Waals surface area (Å²) in [5.41, 5.74) is 0. The van der Waals surface area contributed by atoms with Gasteiger partial charge in [-0.3, -0.25) is 9.59 Å². The number of carbonyl (C=O) groups excluding carboxylic acids is 2. The molecular formula is C8H12O5S. The SMILES string of the molecule is O=C1CSCC(=O)OCCOCCO1. The lowest BCUT2D eigenvalue weighted by Gasteiger charge is -2.09. The minimum atomic E-state index is -0.327. The van der Waals surface area contributed by atoms with Gasteiger partial charge in [0.15, 0.2) is 0 Å². The van der Waals surface area contributed by atoms with Crippen molar-refractivity contribution in [3.05, 3.63) is 0 Å². The number of hydrogen-bond acceptors (Lipinski definition) is 6. The van der Waals surface area contributed by atoms with Gasteiger partial charge in [0, 0.05) is 0 Å². The van der Waals surface area contributed by atoms with Crippen molar-refractivity contribution in [1.29, 1.82) is 0 Å². The summed E-state index contributed by atoms with van der Waals surface area (Å²) in [6, 6.07) is 0. The highest BCUT2D eigenvalue weighted by Crippen LogP contribution is 2.02. The Hall–Kier alpha value is -0.750. The normalized spacial score (nSPS) is 21.4. The second-order valence-corrected chi connectivity index (χ2v) is 3.53. The Bertz CT molecular complexity index is 186. The van der Waals surface area contributed by atoms with E-state index in [9.17, 15) is 9.59 Å². The van der Waals surface area contributed by atoms with E-state index < -0.39 is 0 Å². The van der Waals surface area contributed by atoms with Crippen LogP contribution < -0.4 is 0 Å². The van der Waals surface area contributed by atoms with Crippen LogP contribution in [0.3, 0.4) is 0 Å². The fraction of sp³-hybridized carbons (Fsp3) is 0.750. The molecule has 0 radical (unpaired) electrons. The average Bonchev–Trinajstić information content (AvgIpc) is 2.14. The van der Waals surface area contributed by atoms with E-state index in [0.717, 1.165) is 0 Å². The molecule has 0 spiro atoms. The number of thioether (sulfide) groups is 1. The van der Waals surface area contributed by atoms with Crippen molar-refractivity contribution in [3.8, 4) is 0 Å². The third-order valence-corrected chi connectivity index (χ3v) is 2.30. The maximum atomic E-state index is 11.0. The number of cyclic esters (lactones) is 2. The Morgan fingerprint density at radius 3 is 1.86 bits per heavy atom. The van der Waals surface area contributed by atoms with Crippen molar-refractivity contribution in [1.82, 2.24) is 0 Å². The second kappa shape index (κ2) is 6.67. The van der Waals surface area contributed by atoms with Gasteiger partial charge < -0.3 is 14.2 Å². The lowest BCUT2D eigenvalue weighted by Crippen LogP contribution is -2.19. The molecule has 1 aliphatic rings. The van der Waals surface area contributed by atoms with Gasteiger partial charge in [-0.25, -0.2) is 0 Å². The van der Waals surface area contributed by atoms with Gasteiger partial charge in [-0.15, -0.1) is 11.8 Å². The summed E-state index contributed by atoms with van der Waals surface area (Å²) in [6.07, 6.45) is 0. The van der Waals surface area contributed by atoms with Crippen molar-refractivity contribution in [2.45, 2.75) is 0 Å². The third kappa shape index (κ3) is 5.08. The highest BCUT2D eigenvalue weighted by molar-refractivity contribution is 8.00.